The summed E-state index contributed by atoms with van der Waals surface area (Å²) in [5, 5.41) is 10.0. The van der Waals surface area contributed by atoms with Crippen LogP contribution in [0.25, 0.3) is 22.6 Å². The van der Waals surface area contributed by atoms with Crippen LogP contribution in [-0.4, -0.2) is 16.6 Å². The van der Waals surface area contributed by atoms with Gasteiger partial charge in [0, 0.05) is 5.56 Å². The maximum Gasteiger partial charge on any atom is 0.259 e. The van der Waals surface area contributed by atoms with Gasteiger partial charge in [-0.25, -0.2) is 4.98 Å². The van der Waals surface area contributed by atoms with Crippen molar-refractivity contribution in [1.29, 1.82) is 5.26 Å². The van der Waals surface area contributed by atoms with Crippen LogP contribution in [0.5, 0.6) is 5.75 Å². The van der Waals surface area contributed by atoms with Crippen LogP contribution in [0, 0.1) is 11.3 Å². The number of ether oxygens (including phenoxy) is 1. The number of hydrogen-bond acceptors (Lipinski definition) is 4. The molecule has 0 atom stereocenters. The van der Waals surface area contributed by atoms with Gasteiger partial charge in [0.15, 0.2) is 5.82 Å². The summed E-state index contributed by atoms with van der Waals surface area (Å²) in [4.78, 5) is 19.3. The first-order valence-corrected chi connectivity index (χ1v) is 7.67. The number of aromatic nitrogens is 2. The SMILES string of the molecule is C=CCOc1ccccc1C=C(C#N)c1nc2ccccc2c(=O)[nH]1. The highest BCUT2D eigenvalue weighted by Crippen LogP contribution is 2.23. The van der Waals surface area contributed by atoms with E-state index < -0.39 is 0 Å². The summed E-state index contributed by atoms with van der Waals surface area (Å²) in [7, 11) is 0. The van der Waals surface area contributed by atoms with Gasteiger partial charge in [-0.1, -0.05) is 43.0 Å². The summed E-state index contributed by atoms with van der Waals surface area (Å²) in [5.74, 6) is 0.850. The number of nitrogens with one attached hydrogen (secondary N) is 1. The average molecular weight is 329 g/mol. The molecule has 1 heterocycles. The lowest BCUT2D eigenvalue weighted by atomic mass is 10.1. The fraction of sp³-hybridized carbons (Fsp3) is 0.0500. The molecule has 1 aromatic heterocycles. The maximum absolute atomic E-state index is 12.2. The number of para-hydroxylation sites is 2. The Morgan fingerprint density at radius 1 is 1.24 bits per heavy atom. The van der Waals surface area contributed by atoms with Crippen LogP contribution in [0.15, 0.2) is 66.0 Å². The Labute approximate surface area is 144 Å². The zero-order chi connectivity index (χ0) is 17.6. The number of allylic oxidation sites excluding steroid dienone is 1. The van der Waals surface area contributed by atoms with Crippen molar-refractivity contribution < 1.29 is 4.74 Å². The van der Waals surface area contributed by atoms with E-state index in [9.17, 15) is 10.1 Å². The first kappa shape index (κ1) is 16.2. The number of nitriles is 1. The summed E-state index contributed by atoms with van der Waals surface area (Å²) < 4.78 is 5.60. The van der Waals surface area contributed by atoms with Gasteiger partial charge in [0.25, 0.3) is 5.56 Å². The Hall–Kier alpha value is -3.65. The Balaban J connectivity index is 2.10. The molecule has 3 aromatic rings. The number of rotatable bonds is 5. The Kier molecular flexibility index (Phi) is 4.72. The van der Waals surface area contributed by atoms with Crippen LogP contribution >= 0.6 is 0 Å². The molecule has 0 spiro atoms. The Bertz CT molecular complexity index is 1060. The minimum atomic E-state index is -0.280. The second-order valence-electron chi connectivity index (χ2n) is 5.24. The fourth-order valence-electron chi connectivity index (χ4n) is 2.40. The number of H-pyrrole nitrogens is 1. The van der Waals surface area contributed by atoms with Gasteiger partial charge in [-0.3, -0.25) is 4.79 Å². The summed E-state index contributed by atoms with van der Waals surface area (Å²) in [6.07, 6.45) is 3.29. The highest BCUT2D eigenvalue weighted by molar-refractivity contribution is 5.90. The standard InChI is InChI=1S/C20H15N3O2/c1-2-11-25-18-10-6-3-7-14(18)12-15(13-21)19-22-17-9-5-4-8-16(17)20(24)23-19/h2-10,12H,1,11H2,(H,22,23,24). The van der Waals surface area contributed by atoms with Crippen molar-refractivity contribution in [2.45, 2.75) is 0 Å². The number of fused-ring (bicyclic) bond motifs is 1. The summed E-state index contributed by atoms with van der Waals surface area (Å²) in [5.41, 5.74) is 1.23. The van der Waals surface area contributed by atoms with E-state index in [1.165, 1.54) is 0 Å². The van der Waals surface area contributed by atoms with Crippen molar-refractivity contribution in [2.24, 2.45) is 0 Å². The third-order valence-corrected chi connectivity index (χ3v) is 3.56. The van der Waals surface area contributed by atoms with E-state index in [1.807, 2.05) is 18.2 Å². The quantitative estimate of drug-likeness (QED) is 0.573. The average Bonchev–Trinajstić information content (AvgIpc) is 2.65. The molecular weight excluding hydrogens is 314 g/mol. The number of aromatic amines is 1. The van der Waals surface area contributed by atoms with Crippen molar-refractivity contribution in [1.82, 2.24) is 9.97 Å². The van der Waals surface area contributed by atoms with Gasteiger partial charge in [0.1, 0.15) is 18.4 Å². The number of nitrogens with zero attached hydrogens (tertiary/aromatic N) is 2. The molecule has 0 saturated carbocycles. The van der Waals surface area contributed by atoms with E-state index in [1.54, 1.807) is 42.5 Å². The molecule has 5 nitrogen and oxygen atoms in total. The molecule has 5 heteroatoms. The molecule has 1 N–H and O–H groups in total. The van der Waals surface area contributed by atoms with E-state index in [2.05, 4.69) is 22.6 Å². The van der Waals surface area contributed by atoms with Crippen LogP contribution in [-0.2, 0) is 0 Å². The van der Waals surface area contributed by atoms with Gasteiger partial charge in [-0.2, -0.15) is 5.26 Å². The molecule has 3 rings (SSSR count). The van der Waals surface area contributed by atoms with E-state index in [0.717, 1.165) is 5.56 Å². The molecule has 0 amide bonds. The molecule has 0 saturated heterocycles. The van der Waals surface area contributed by atoms with E-state index >= 15 is 0 Å². The molecule has 0 bridgehead atoms. The zero-order valence-electron chi connectivity index (χ0n) is 13.4. The third-order valence-electron chi connectivity index (χ3n) is 3.56. The van der Waals surface area contributed by atoms with E-state index in [0.29, 0.717) is 23.3 Å². The second kappa shape index (κ2) is 7.28. The third kappa shape index (κ3) is 3.48. The van der Waals surface area contributed by atoms with Gasteiger partial charge in [-0.05, 0) is 24.3 Å². The number of benzene rings is 2. The Morgan fingerprint density at radius 2 is 2.00 bits per heavy atom. The molecule has 0 aliphatic heterocycles. The van der Waals surface area contributed by atoms with Crippen molar-refractivity contribution in [3.63, 3.8) is 0 Å². The Morgan fingerprint density at radius 3 is 2.80 bits per heavy atom. The second-order valence-corrected chi connectivity index (χ2v) is 5.24. The molecule has 122 valence electrons. The highest BCUT2D eigenvalue weighted by Gasteiger charge is 2.09. The smallest absolute Gasteiger partial charge is 0.259 e. The highest BCUT2D eigenvalue weighted by atomic mass is 16.5. The van der Waals surface area contributed by atoms with Gasteiger partial charge < -0.3 is 9.72 Å². The van der Waals surface area contributed by atoms with Crippen molar-refractivity contribution in [3.8, 4) is 11.8 Å². The minimum Gasteiger partial charge on any atom is -0.489 e. The van der Waals surface area contributed by atoms with Gasteiger partial charge >= 0.3 is 0 Å². The lowest BCUT2D eigenvalue weighted by molar-refractivity contribution is 0.362. The molecule has 0 aliphatic carbocycles. The molecule has 0 radical (unpaired) electrons. The minimum absolute atomic E-state index is 0.227. The molecule has 0 aliphatic rings. The van der Waals surface area contributed by atoms with Crippen molar-refractivity contribution in [3.05, 3.63) is 82.9 Å². The fourth-order valence-corrected chi connectivity index (χ4v) is 2.40. The lowest BCUT2D eigenvalue weighted by Gasteiger charge is -2.07. The van der Waals surface area contributed by atoms with Crippen LogP contribution in [0.3, 0.4) is 0 Å². The summed E-state index contributed by atoms with van der Waals surface area (Å²) in [6, 6.07) is 16.4. The van der Waals surface area contributed by atoms with E-state index in [4.69, 9.17) is 4.74 Å². The molecule has 2 aromatic carbocycles. The van der Waals surface area contributed by atoms with Crippen LogP contribution in [0.1, 0.15) is 11.4 Å². The van der Waals surface area contributed by atoms with Gasteiger partial charge in [-0.15, -0.1) is 0 Å². The first-order valence-electron chi connectivity index (χ1n) is 7.67. The molecular formula is C20H15N3O2. The normalized spacial score (nSPS) is 11.1. The van der Waals surface area contributed by atoms with Crippen LogP contribution < -0.4 is 10.3 Å². The number of hydrogen-bond donors (Lipinski definition) is 1. The first-order chi connectivity index (χ1) is 12.2. The lowest BCUT2D eigenvalue weighted by Crippen LogP contribution is -2.11. The monoisotopic (exact) mass is 329 g/mol. The molecule has 0 fully saturated rings. The largest absolute Gasteiger partial charge is 0.489 e. The zero-order valence-corrected chi connectivity index (χ0v) is 13.4. The van der Waals surface area contributed by atoms with Crippen LogP contribution in [0.2, 0.25) is 0 Å². The van der Waals surface area contributed by atoms with Crippen molar-refractivity contribution >= 4 is 22.6 Å². The predicted octanol–water partition coefficient (Wildman–Crippen LogP) is 3.55. The topological polar surface area (TPSA) is 78.8 Å². The van der Waals surface area contributed by atoms with Gasteiger partial charge in [0.05, 0.1) is 16.5 Å². The molecule has 0 unspecified atom stereocenters. The van der Waals surface area contributed by atoms with Crippen molar-refractivity contribution in [2.75, 3.05) is 6.61 Å². The summed E-state index contributed by atoms with van der Waals surface area (Å²) in [6.45, 7) is 3.99. The maximum atomic E-state index is 12.2. The van der Waals surface area contributed by atoms with E-state index in [-0.39, 0.29) is 17.0 Å². The summed E-state index contributed by atoms with van der Waals surface area (Å²) >= 11 is 0. The van der Waals surface area contributed by atoms with Gasteiger partial charge in [0.2, 0.25) is 0 Å². The molecule has 25 heavy (non-hydrogen) atoms. The predicted molar refractivity (Wildman–Crippen MR) is 98.0 cm³/mol. The van der Waals surface area contributed by atoms with Crippen LogP contribution in [0.4, 0.5) is 0 Å².